The molecule has 0 saturated heterocycles. The van der Waals surface area contributed by atoms with Crippen LogP contribution in [0.2, 0.25) is 0 Å². The van der Waals surface area contributed by atoms with E-state index in [0.717, 1.165) is 17.7 Å². The zero-order valence-electron chi connectivity index (χ0n) is 17.6. The topological polar surface area (TPSA) is 63.7 Å². The van der Waals surface area contributed by atoms with Crippen LogP contribution >= 0.6 is 11.3 Å². The van der Waals surface area contributed by atoms with Gasteiger partial charge in [0.25, 0.3) is 5.91 Å². The fourth-order valence-electron chi connectivity index (χ4n) is 3.75. The molecule has 0 spiro atoms. The Kier molecular flexibility index (Phi) is 6.16. The van der Waals surface area contributed by atoms with Crippen molar-refractivity contribution in [2.24, 2.45) is 0 Å². The maximum atomic E-state index is 12.9. The van der Waals surface area contributed by atoms with E-state index in [-0.39, 0.29) is 10.8 Å². The molecule has 0 N–H and O–H groups in total. The lowest BCUT2D eigenvalue weighted by Crippen LogP contribution is -2.28. The Morgan fingerprint density at radius 1 is 1.06 bits per heavy atom. The first-order chi connectivity index (χ1) is 14.8. The van der Waals surface area contributed by atoms with Crippen molar-refractivity contribution in [1.29, 1.82) is 0 Å². The summed E-state index contributed by atoms with van der Waals surface area (Å²) in [6, 6.07) is 16.9. The first-order valence-electron chi connectivity index (χ1n) is 10.2. The molecule has 0 aliphatic heterocycles. The number of ether oxygens (including phenoxy) is 1. The number of hydrogen-bond acceptors (Lipinski definition) is 5. The molecule has 0 radical (unpaired) electrons. The van der Waals surface area contributed by atoms with E-state index in [2.05, 4.69) is 18.2 Å². The minimum Gasteiger partial charge on any atom is -0.493 e. The molecule has 5 nitrogen and oxygen atoms in total. The third-order valence-electron chi connectivity index (χ3n) is 5.43. The molecule has 2 aromatic carbocycles. The smallest absolute Gasteiger partial charge is 0.263 e. The largest absolute Gasteiger partial charge is 0.493 e. The monoisotopic (exact) mass is 455 g/mol. The lowest BCUT2D eigenvalue weighted by Gasteiger charge is -2.16. The van der Waals surface area contributed by atoms with Gasteiger partial charge in [-0.3, -0.25) is 4.79 Å². The second kappa shape index (κ2) is 8.85. The lowest BCUT2D eigenvalue weighted by molar-refractivity contribution is 0.0792. The molecule has 31 heavy (non-hydrogen) atoms. The van der Waals surface area contributed by atoms with Crippen LogP contribution in [0.1, 0.15) is 27.2 Å². The Morgan fingerprint density at radius 3 is 2.65 bits per heavy atom. The first kappa shape index (κ1) is 21.6. The van der Waals surface area contributed by atoms with Crippen LogP contribution in [0.15, 0.2) is 59.5 Å². The van der Waals surface area contributed by atoms with Gasteiger partial charge in [-0.05, 0) is 60.2 Å². The van der Waals surface area contributed by atoms with Gasteiger partial charge in [0.1, 0.15) is 5.75 Å². The molecule has 7 heteroatoms. The van der Waals surface area contributed by atoms with E-state index in [0.29, 0.717) is 25.3 Å². The van der Waals surface area contributed by atoms with E-state index >= 15 is 0 Å². The number of nitrogens with zero attached hydrogens (tertiary/aromatic N) is 1. The van der Waals surface area contributed by atoms with E-state index in [1.54, 1.807) is 41.5 Å². The molecule has 0 fully saturated rings. The van der Waals surface area contributed by atoms with Gasteiger partial charge < -0.3 is 9.64 Å². The molecular formula is C24H25NO4S2. The van der Waals surface area contributed by atoms with Gasteiger partial charge in [0.15, 0.2) is 9.84 Å². The van der Waals surface area contributed by atoms with Crippen molar-refractivity contribution in [2.45, 2.75) is 24.2 Å². The highest BCUT2D eigenvalue weighted by atomic mass is 32.2. The molecule has 1 heterocycles. The maximum Gasteiger partial charge on any atom is 0.263 e. The molecule has 1 aliphatic rings. The normalized spacial score (nSPS) is 12.7. The number of benzene rings is 2. The fraction of sp³-hybridized carbons (Fsp3) is 0.292. The summed E-state index contributed by atoms with van der Waals surface area (Å²) in [6.45, 7) is 0.961. The van der Waals surface area contributed by atoms with Crippen molar-refractivity contribution in [3.05, 3.63) is 70.6 Å². The average molecular weight is 456 g/mol. The third kappa shape index (κ3) is 4.83. The number of rotatable bonds is 7. The summed E-state index contributed by atoms with van der Waals surface area (Å²) in [5.74, 6) is 0.539. The predicted octanol–water partition coefficient (Wildman–Crippen LogP) is 4.46. The van der Waals surface area contributed by atoms with Gasteiger partial charge in [-0.25, -0.2) is 8.42 Å². The third-order valence-corrected chi connectivity index (χ3v) is 7.74. The van der Waals surface area contributed by atoms with Gasteiger partial charge in [0.2, 0.25) is 0 Å². The molecule has 1 aliphatic carbocycles. The Labute approximate surface area is 187 Å². The quantitative estimate of drug-likeness (QED) is 0.494. The van der Waals surface area contributed by atoms with Crippen molar-refractivity contribution in [3.8, 4) is 16.2 Å². The molecule has 3 aromatic rings. The predicted molar refractivity (Wildman–Crippen MR) is 124 cm³/mol. The van der Waals surface area contributed by atoms with Crippen LogP contribution in [-0.4, -0.2) is 45.7 Å². The number of thiophene rings is 1. The number of sulfone groups is 1. The Balaban J connectivity index is 1.34. The number of fused-ring (bicyclic) bond motifs is 3. The van der Waals surface area contributed by atoms with Crippen molar-refractivity contribution in [2.75, 3.05) is 26.5 Å². The van der Waals surface area contributed by atoms with E-state index < -0.39 is 9.84 Å². The van der Waals surface area contributed by atoms with Crippen LogP contribution in [0.25, 0.3) is 10.4 Å². The number of hydrogen-bond donors (Lipinski definition) is 0. The van der Waals surface area contributed by atoms with Crippen molar-refractivity contribution in [3.63, 3.8) is 0 Å². The molecule has 162 valence electrons. The molecule has 1 amide bonds. The van der Waals surface area contributed by atoms with Gasteiger partial charge in [-0.1, -0.05) is 30.3 Å². The Hall–Kier alpha value is -2.64. The molecule has 4 rings (SSSR count). The SMILES string of the molecule is CN(CCCOc1cccc(S(C)(=O)=O)c1)C(=O)c1cc2c(s1)-c1ccccc1CC2. The van der Waals surface area contributed by atoms with Crippen LogP contribution in [-0.2, 0) is 22.7 Å². The average Bonchev–Trinajstić information content (AvgIpc) is 3.20. The lowest BCUT2D eigenvalue weighted by atomic mass is 9.91. The minimum atomic E-state index is -3.26. The second-order valence-corrected chi connectivity index (χ2v) is 10.9. The van der Waals surface area contributed by atoms with Crippen LogP contribution in [0.4, 0.5) is 0 Å². The van der Waals surface area contributed by atoms with Gasteiger partial charge in [-0.15, -0.1) is 11.3 Å². The van der Waals surface area contributed by atoms with Crippen LogP contribution in [0.5, 0.6) is 5.75 Å². The van der Waals surface area contributed by atoms with Crippen molar-refractivity contribution >= 4 is 27.1 Å². The second-order valence-electron chi connectivity index (χ2n) is 7.80. The van der Waals surface area contributed by atoms with Gasteiger partial charge >= 0.3 is 0 Å². The first-order valence-corrected chi connectivity index (χ1v) is 12.9. The maximum absolute atomic E-state index is 12.9. The Morgan fingerprint density at radius 2 is 1.84 bits per heavy atom. The summed E-state index contributed by atoms with van der Waals surface area (Å²) in [5.41, 5.74) is 3.86. The van der Waals surface area contributed by atoms with Gasteiger partial charge in [-0.2, -0.15) is 0 Å². The molecule has 0 atom stereocenters. The summed E-state index contributed by atoms with van der Waals surface area (Å²) in [4.78, 5) is 16.9. The molecular weight excluding hydrogens is 430 g/mol. The molecule has 0 saturated carbocycles. The summed E-state index contributed by atoms with van der Waals surface area (Å²) < 4.78 is 29.0. The van der Waals surface area contributed by atoms with E-state index in [1.807, 2.05) is 12.1 Å². The molecule has 0 unspecified atom stereocenters. The number of amides is 1. The summed E-state index contributed by atoms with van der Waals surface area (Å²) in [5, 5.41) is 0. The summed E-state index contributed by atoms with van der Waals surface area (Å²) >= 11 is 1.58. The van der Waals surface area contributed by atoms with E-state index in [4.69, 9.17) is 4.74 Å². The van der Waals surface area contributed by atoms with Gasteiger partial charge in [0.05, 0.1) is 16.4 Å². The van der Waals surface area contributed by atoms with Gasteiger partial charge in [0, 0.05) is 24.7 Å². The highest BCUT2D eigenvalue weighted by molar-refractivity contribution is 7.90. The number of carbonyl (C=O) groups is 1. The minimum absolute atomic E-state index is 0.0240. The zero-order chi connectivity index (χ0) is 22.0. The number of carbonyl (C=O) groups excluding carboxylic acids is 1. The Bertz CT molecular complexity index is 1210. The zero-order valence-corrected chi connectivity index (χ0v) is 19.3. The number of aryl methyl sites for hydroxylation is 2. The van der Waals surface area contributed by atoms with E-state index in [1.165, 1.54) is 33.9 Å². The standard InChI is InChI=1S/C24H25NO4S2/c1-25(13-6-14-29-19-8-5-9-20(16-19)31(2,27)28)24(26)22-15-18-12-11-17-7-3-4-10-21(17)23(18)30-22/h3-5,7-10,15-16H,6,11-14H2,1-2H3. The van der Waals surface area contributed by atoms with Crippen molar-refractivity contribution < 1.29 is 17.9 Å². The molecule has 0 bridgehead atoms. The molecule has 1 aromatic heterocycles. The highest BCUT2D eigenvalue weighted by Gasteiger charge is 2.22. The summed E-state index contributed by atoms with van der Waals surface area (Å²) in [6.07, 6.45) is 3.81. The van der Waals surface area contributed by atoms with Crippen LogP contribution in [0, 0.1) is 0 Å². The summed E-state index contributed by atoms with van der Waals surface area (Å²) in [7, 11) is -1.46. The van der Waals surface area contributed by atoms with Crippen LogP contribution in [0.3, 0.4) is 0 Å². The fourth-order valence-corrected chi connectivity index (χ4v) is 5.67. The van der Waals surface area contributed by atoms with Crippen molar-refractivity contribution in [1.82, 2.24) is 4.90 Å². The van der Waals surface area contributed by atoms with E-state index in [9.17, 15) is 13.2 Å². The highest BCUT2D eigenvalue weighted by Crippen LogP contribution is 2.39. The van der Waals surface area contributed by atoms with Crippen LogP contribution < -0.4 is 4.74 Å².